The Labute approximate surface area is 177 Å². The molecule has 0 saturated carbocycles. The van der Waals surface area contributed by atoms with Crippen molar-refractivity contribution in [3.63, 3.8) is 0 Å². The minimum Gasteiger partial charge on any atom is -0.497 e. The van der Waals surface area contributed by atoms with Gasteiger partial charge in [-0.15, -0.1) is 0 Å². The third-order valence-electron chi connectivity index (χ3n) is 4.47. The number of nitrogens with zero attached hydrogens (tertiary/aromatic N) is 2. The highest BCUT2D eigenvalue weighted by molar-refractivity contribution is 9.10. The van der Waals surface area contributed by atoms with E-state index < -0.39 is 0 Å². The van der Waals surface area contributed by atoms with Crippen LogP contribution in [0.2, 0.25) is 0 Å². The average molecular weight is 456 g/mol. The zero-order valence-corrected chi connectivity index (χ0v) is 17.9. The monoisotopic (exact) mass is 455 g/mol. The van der Waals surface area contributed by atoms with Gasteiger partial charge in [-0.25, -0.2) is 4.68 Å². The molecule has 0 radical (unpaired) electrons. The molecule has 0 unspecified atom stereocenters. The summed E-state index contributed by atoms with van der Waals surface area (Å²) in [4.78, 5) is 24.4. The molecule has 0 aliphatic rings. The fourth-order valence-corrected chi connectivity index (χ4v) is 3.39. The van der Waals surface area contributed by atoms with Gasteiger partial charge in [0.05, 0.1) is 12.8 Å². The Bertz CT molecular complexity index is 1080. The van der Waals surface area contributed by atoms with Crippen LogP contribution in [-0.2, 0) is 11.3 Å². The summed E-state index contributed by atoms with van der Waals surface area (Å²) in [5.74, 6) is 0.634. The SMILES string of the molecule is COc1cccc(-c2ccc(=O)n(CCCC(=O)Nc3ccc(Br)cc3C)n2)c1. The van der Waals surface area contributed by atoms with Crippen LogP contribution in [-0.4, -0.2) is 22.8 Å². The first-order valence-corrected chi connectivity index (χ1v) is 10.0. The third-order valence-corrected chi connectivity index (χ3v) is 4.96. The van der Waals surface area contributed by atoms with E-state index in [4.69, 9.17) is 4.74 Å². The standard InChI is InChI=1S/C22H22BrN3O3/c1-15-13-17(23)8-9-19(15)24-21(27)7-4-12-26-22(28)11-10-20(25-26)16-5-3-6-18(14-16)29-2/h3,5-6,8-11,13-14H,4,7,12H2,1-2H3,(H,24,27). The molecule has 6 nitrogen and oxygen atoms in total. The number of aryl methyl sites for hydroxylation is 2. The van der Waals surface area contributed by atoms with Gasteiger partial charge in [0.15, 0.2) is 0 Å². The maximum Gasteiger partial charge on any atom is 0.266 e. The van der Waals surface area contributed by atoms with Gasteiger partial charge in [-0.3, -0.25) is 9.59 Å². The molecule has 0 aliphatic heterocycles. The summed E-state index contributed by atoms with van der Waals surface area (Å²) in [6.07, 6.45) is 0.808. The first-order chi connectivity index (χ1) is 14.0. The molecule has 0 atom stereocenters. The highest BCUT2D eigenvalue weighted by atomic mass is 79.9. The third kappa shape index (κ3) is 5.54. The van der Waals surface area contributed by atoms with Crippen LogP contribution in [0.15, 0.2) is 63.9 Å². The number of amides is 1. The van der Waals surface area contributed by atoms with Gasteiger partial charge in [-0.2, -0.15) is 5.10 Å². The van der Waals surface area contributed by atoms with E-state index in [1.807, 2.05) is 49.4 Å². The first-order valence-electron chi connectivity index (χ1n) is 9.25. The lowest BCUT2D eigenvalue weighted by molar-refractivity contribution is -0.116. The van der Waals surface area contributed by atoms with Crippen molar-refractivity contribution >= 4 is 27.5 Å². The maximum absolute atomic E-state index is 12.2. The molecule has 0 saturated heterocycles. The molecule has 0 aliphatic carbocycles. The smallest absolute Gasteiger partial charge is 0.266 e. The number of carbonyl (C=O) groups is 1. The molecule has 0 fully saturated rings. The van der Waals surface area contributed by atoms with E-state index in [1.165, 1.54) is 10.7 Å². The minimum atomic E-state index is -0.194. The summed E-state index contributed by atoms with van der Waals surface area (Å²) in [5, 5.41) is 7.34. The Morgan fingerprint density at radius 3 is 2.76 bits per heavy atom. The molecule has 29 heavy (non-hydrogen) atoms. The molecule has 3 aromatic rings. The number of hydrogen-bond donors (Lipinski definition) is 1. The number of ether oxygens (including phenoxy) is 1. The molecule has 1 aromatic heterocycles. The number of nitrogens with one attached hydrogen (secondary N) is 1. The maximum atomic E-state index is 12.2. The highest BCUT2D eigenvalue weighted by Crippen LogP contribution is 2.22. The summed E-state index contributed by atoms with van der Waals surface area (Å²) >= 11 is 3.41. The van der Waals surface area contributed by atoms with E-state index in [9.17, 15) is 9.59 Å². The van der Waals surface area contributed by atoms with Crippen molar-refractivity contribution in [2.24, 2.45) is 0 Å². The summed E-state index contributed by atoms with van der Waals surface area (Å²) < 4.78 is 7.60. The van der Waals surface area contributed by atoms with Gasteiger partial charge in [-0.1, -0.05) is 28.1 Å². The molecule has 2 aromatic carbocycles. The lowest BCUT2D eigenvalue weighted by Crippen LogP contribution is -2.23. The van der Waals surface area contributed by atoms with Crippen molar-refractivity contribution < 1.29 is 9.53 Å². The number of halogens is 1. The van der Waals surface area contributed by atoms with Crippen molar-refractivity contribution in [3.05, 3.63) is 75.0 Å². The Hall–Kier alpha value is -2.93. The second kappa shape index (κ2) is 9.52. The first kappa shape index (κ1) is 20.8. The van der Waals surface area contributed by atoms with E-state index in [0.717, 1.165) is 27.0 Å². The van der Waals surface area contributed by atoms with Crippen LogP contribution in [0.4, 0.5) is 5.69 Å². The molecule has 1 amide bonds. The molecular formula is C22H22BrN3O3. The van der Waals surface area contributed by atoms with Gasteiger partial charge in [0.25, 0.3) is 5.56 Å². The quantitative estimate of drug-likeness (QED) is 0.572. The Morgan fingerprint density at radius 1 is 1.17 bits per heavy atom. The van der Waals surface area contributed by atoms with E-state index in [-0.39, 0.29) is 11.5 Å². The topological polar surface area (TPSA) is 73.2 Å². The van der Waals surface area contributed by atoms with E-state index in [2.05, 4.69) is 26.3 Å². The predicted octanol–water partition coefficient (Wildman–Crippen LogP) is 4.41. The van der Waals surface area contributed by atoms with Gasteiger partial charge in [-0.05, 0) is 55.3 Å². The number of hydrogen-bond acceptors (Lipinski definition) is 4. The van der Waals surface area contributed by atoms with E-state index in [1.54, 1.807) is 13.2 Å². The van der Waals surface area contributed by atoms with Crippen molar-refractivity contribution in [2.45, 2.75) is 26.3 Å². The summed E-state index contributed by atoms with van der Waals surface area (Å²) in [5.41, 5.74) is 3.12. The molecule has 1 N–H and O–H groups in total. The van der Waals surface area contributed by atoms with E-state index in [0.29, 0.717) is 25.1 Å². The summed E-state index contributed by atoms with van der Waals surface area (Å²) in [6.45, 7) is 2.30. The van der Waals surface area contributed by atoms with Gasteiger partial charge in [0.1, 0.15) is 5.75 Å². The molecule has 7 heteroatoms. The number of carbonyl (C=O) groups excluding carboxylic acids is 1. The van der Waals surface area contributed by atoms with Gasteiger partial charge >= 0.3 is 0 Å². The van der Waals surface area contributed by atoms with Crippen LogP contribution >= 0.6 is 15.9 Å². The summed E-state index contributed by atoms with van der Waals surface area (Å²) in [7, 11) is 1.61. The summed E-state index contributed by atoms with van der Waals surface area (Å²) in [6, 6.07) is 16.4. The average Bonchev–Trinajstić information content (AvgIpc) is 2.71. The number of anilines is 1. The fourth-order valence-electron chi connectivity index (χ4n) is 2.91. The highest BCUT2D eigenvalue weighted by Gasteiger charge is 2.08. The molecule has 1 heterocycles. The lowest BCUT2D eigenvalue weighted by atomic mass is 10.1. The normalized spacial score (nSPS) is 10.6. The molecule has 3 rings (SSSR count). The second-order valence-corrected chi connectivity index (χ2v) is 7.54. The van der Waals surface area contributed by atoms with Crippen LogP contribution < -0.4 is 15.6 Å². The Balaban J connectivity index is 1.63. The van der Waals surface area contributed by atoms with Gasteiger partial charge in [0, 0.05) is 34.8 Å². The molecular weight excluding hydrogens is 434 g/mol. The number of rotatable bonds is 7. The van der Waals surface area contributed by atoms with Crippen LogP contribution in [0.1, 0.15) is 18.4 Å². The van der Waals surface area contributed by atoms with Gasteiger partial charge in [0.2, 0.25) is 5.91 Å². The minimum absolute atomic E-state index is 0.0904. The predicted molar refractivity (Wildman–Crippen MR) is 117 cm³/mol. The van der Waals surface area contributed by atoms with Crippen LogP contribution in [0, 0.1) is 6.92 Å². The Kier molecular flexibility index (Phi) is 6.82. The molecule has 150 valence electrons. The molecule has 0 bridgehead atoms. The van der Waals surface area contributed by atoms with Crippen LogP contribution in [0.5, 0.6) is 5.75 Å². The van der Waals surface area contributed by atoms with Crippen LogP contribution in [0.25, 0.3) is 11.3 Å². The zero-order valence-electron chi connectivity index (χ0n) is 16.3. The Morgan fingerprint density at radius 2 is 2.00 bits per heavy atom. The van der Waals surface area contributed by atoms with E-state index >= 15 is 0 Å². The number of aromatic nitrogens is 2. The largest absolute Gasteiger partial charge is 0.497 e. The lowest BCUT2D eigenvalue weighted by Gasteiger charge is -2.10. The van der Waals surface area contributed by atoms with Crippen molar-refractivity contribution in [1.29, 1.82) is 0 Å². The van der Waals surface area contributed by atoms with Crippen LogP contribution in [0.3, 0.4) is 0 Å². The zero-order chi connectivity index (χ0) is 20.8. The fraction of sp³-hybridized carbons (Fsp3) is 0.227. The number of methoxy groups -OCH3 is 1. The molecule has 0 spiro atoms. The van der Waals surface area contributed by atoms with Crippen molar-refractivity contribution in [2.75, 3.05) is 12.4 Å². The van der Waals surface area contributed by atoms with Gasteiger partial charge < -0.3 is 10.1 Å². The second-order valence-electron chi connectivity index (χ2n) is 6.62. The van der Waals surface area contributed by atoms with Crippen molar-refractivity contribution in [1.82, 2.24) is 9.78 Å². The van der Waals surface area contributed by atoms with Crippen molar-refractivity contribution in [3.8, 4) is 17.0 Å². The number of benzene rings is 2.